The highest BCUT2D eigenvalue weighted by atomic mass is 35.5. The topological polar surface area (TPSA) is 61.4 Å². The lowest BCUT2D eigenvalue weighted by molar-refractivity contribution is 0.262. The number of anilines is 2. The van der Waals surface area contributed by atoms with Crippen molar-refractivity contribution < 1.29 is 9.90 Å². The van der Waals surface area contributed by atoms with E-state index >= 15 is 0 Å². The molecule has 0 aliphatic heterocycles. The van der Waals surface area contributed by atoms with Crippen molar-refractivity contribution in [2.45, 2.75) is 13.8 Å². The van der Waals surface area contributed by atoms with Crippen molar-refractivity contribution in [1.82, 2.24) is 0 Å². The molecule has 0 aliphatic rings. The van der Waals surface area contributed by atoms with Gasteiger partial charge in [-0.3, -0.25) is 0 Å². The predicted molar refractivity (Wildman–Crippen MR) is 109 cm³/mol. The summed E-state index contributed by atoms with van der Waals surface area (Å²) in [5.41, 5.74) is 1.55. The van der Waals surface area contributed by atoms with E-state index in [-0.39, 0.29) is 6.03 Å². The van der Waals surface area contributed by atoms with Gasteiger partial charge in [-0.1, -0.05) is 50.2 Å². The maximum Gasteiger partial charge on any atom is 0.323 e. The third-order valence-electron chi connectivity index (χ3n) is 2.06. The second-order valence-electron chi connectivity index (χ2n) is 3.31. The summed E-state index contributed by atoms with van der Waals surface area (Å²) in [5, 5.41) is 12.5. The van der Waals surface area contributed by atoms with Crippen LogP contribution in [0.15, 0.2) is 60.7 Å². The maximum absolute atomic E-state index is 11.6. The second-order valence-corrected chi connectivity index (χ2v) is 3.31. The van der Waals surface area contributed by atoms with Crippen LogP contribution < -0.4 is 10.6 Å². The standard InChI is InChI=1S/C13H12N2O.C2H6.2CH3Cl.CH4O/c16-13(14-11-7-3-1-4-8-11)15-12-9-5-2-6-10-12;4*1-2/h1-10H,(H2,14,15,16);1-2H3;2*1H3;2H,1H3. The molecule has 0 spiro atoms. The number of rotatable bonds is 2. The zero-order valence-corrected chi connectivity index (χ0v) is 16.4. The van der Waals surface area contributed by atoms with Crippen LogP contribution in [0.2, 0.25) is 0 Å². The number of hydrogen-bond acceptors (Lipinski definition) is 2. The first-order valence-electron chi connectivity index (χ1n) is 7.23. The van der Waals surface area contributed by atoms with Gasteiger partial charge in [-0.05, 0) is 24.3 Å². The Morgan fingerprint density at radius 3 is 1.21 bits per heavy atom. The average molecular weight is 375 g/mol. The van der Waals surface area contributed by atoms with Gasteiger partial charge in [0.25, 0.3) is 0 Å². The van der Waals surface area contributed by atoms with Crippen LogP contribution in [0.25, 0.3) is 0 Å². The number of alkyl halides is 2. The van der Waals surface area contributed by atoms with Crippen molar-refractivity contribution in [3.63, 3.8) is 0 Å². The summed E-state index contributed by atoms with van der Waals surface area (Å²) in [7, 11) is 1.00. The average Bonchev–Trinajstić information content (AvgIpc) is 2.70. The number of para-hydroxylation sites is 2. The van der Waals surface area contributed by atoms with E-state index in [4.69, 9.17) is 5.11 Å². The van der Waals surface area contributed by atoms with Crippen LogP contribution in [0.5, 0.6) is 0 Å². The van der Waals surface area contributed by atoms with Gasteiger partial charge in [0, 0.05) is 31.3 Å². The fourth-order valence-electron chi connectivity index (χ4n) is 1.34. The third-order valence-corrected chi connectivity index (χ3v) is 2.06. The largest absolute Gasteiger partial charge is 0.400 e. The summed E-state index contributed by atoms with van der Waals surface area (Å²) < 4.78 is 0. The number of urea groups is 1. The molecule has 4 nitrogen and oxygen atoms in total. The van der Waals surface area contributed by atoms with Crippen LogP contribution in [0, 0.1) is 0 Å². The number of aliphatic hydroxyl groups is 1. The maximum atomic E-state index is 11.6. The molecule has 0 atom stereocenters. The van der Waals surface area contributed by atoms with Gasteiger partial charge in [-0.2, -0.15) is 0 Å². The van der Waals surface area contributed by atoms with E-state index in [0.717, 1.165) is 18.5 Å². The number of benzene rings is 2. The molecule has 0 aliphatic carbocycles. The number of nitrogens with one attached hydrogen (secondary N) is 2. The first-order valence-corrected chi connectivity index (χ1v) is 8.74. The number of amides is 2. The van der Waals surface area contributed by atoms with E-state index < -0.39 is 0 Å². The Labute approximate surface area is 155 Å². The Bertz CT molecular complexity index is 425. The minimum Gasteiger partial charge on any atom is -0.400 e. The normalized spacial score (nSPS) is 7.33. The lowest BCUT2D eigenvalue weighted by Gasteiger charge is -2.06. The first kappa shape index (κ1) is 27.1. The number of carbonyl (C=O) groups excluding carboxylic acids is 1. The second kappa shape index (κ2) is 23.5. The summed E-state index contributed by atoms with van der Waals surface area (Å²) in [5.74, 6) is 0. The molecule has 0 saturated carbocycles. The summed E-state index contributed by atoms with van der Waals surface area (Å²) in [6, 6.07) is 18.4. The molecule has 0 unspecified atom stereocenters. The van der Waals surface area contributed by atoms with Crippen LogP contribution in [0.1, 0.15) is 13.8 Å². The molecule has 2 aromatic rings. The fourth-order valence-corrected chi connectivity index (χ4v) is 1.34. The molecule has 2 amide bonds. The molecule has 0 saturated heterocycles. The SMILES string of the molecule is CC.CCl.CCl.CO.O=C(Nc1ccccc1)Nc1ccccc1. The molecule has 6 heteroatoms. The number of aliphatic hydroxyl groups excluding tert-OH is 1. The predicted octanol–water partition coefficient (Wildman–Crippen LogP) is 5.68. The van der Waals surface area contributed by atoms with E-state index in [2.05, 4.69) is 33.8 Å². The van der Waals surface area contributed by atoms with Gasteiger partial charge < -0.3 is 15.7 Å². The molecule has 24 heavy (non-hydrogen) atoms. The van der Waals surface area contributed by atoms with E-state index in [1.54, 1.807) is 0 Å². The van der Waals surface area contributed by atoms with E-state index in [1.807, 2.05) is 74.5 Å². The van der Waals surface area contributed by atoms with Gasteiger partial charge in [0.05, 0.1) is 0 Å². The number of hydrogen-bond donors (Lipinski definition) is 3. The van der Waals surface area contributed by atoms with Crippen molar-refractivity contribution in [3.8, 4) is 0 Å². The molecule has 0 aromatic heterocycles. The van der Waals surface area contributed by atoms with Crippen LogP contribution in [0.4, 0.5) is 16.2 Å². The fraction of sp³-hybridized carbons (Fsp3) is 0.278. The van der Waals surface area contributed by atoms with Crippen molar-refractivity contribution in [2.24, 2.45) is 0 Å². The zero-order chi connectivity index (χ0) is 19.2. The highest BCUT2D eigenvalue weighted by Crippen LogP contribution is 2.08. The molecule has 2 rings (SSSR count). The molecule has 0 radical (unpaired) electrons. The van der Waals surface area contributed by atoms with E-state index in [9.17, 15) is 4.79 Å². The summed E-state index contributed by atoms with van der Waals surface area (Å²) >= 11 is 9.28. The molecule has 0 heterocycles. The molecule has 0 fully saturated rings. The number of carbonyl (C=O) groups is 1. The number of halogens is 2. The quantitative estimate of drug-likeness (QED) is 0.592. The first-order chi connectivity index (χ1) is 11.8. The molecule has 136 valence electrons. The van der Waals surface area contributed by atoms with Crippen LogP contribution >= 0.6 is 23.2 Å². The zero-order valence-electron chi connectivity index (χ0n) is 14.9. The minimum atomic E-state index is -0.239. The van der Waals surface area contributed by atoms with Crippen molar-refractivity contribution >= 4 is 40.6 Å². The van der Waals surface area contributed by atoms with Gasteiger partial charge in [-0.15, -0.1) is 23.2 Å². The highest BCUT2D eigenvalue weighted by Gasteiger charge is 2.00. The van der Waals surface area contributed by atoms with Gasteiger partial charge in [0.1, 0.15) is 0 Å². The van der Waals surface area contributed by atoms with Crippen LogP contribution in [-0.4, -0.2) is 31.0 Å². The van der Waals surface area contributed by atoms with Crippen molar-refractivity contribution in [3.05, 3.63) is 60.7 Å². The lowest BCUT2D eigenvalue weighted by atomic mass is 10.3. The highest BCUT2D eigenvalue weighted by molar-refractivity contribution is 6.15. The molecular weight excluding hydrogens is 347 g/mol. The van der Waals surface area contributed by atoms with Gasteiger partial charge in [-0.25, -0.2) is 4.79 Å². The molecule has 3 N–H and O–H groups in total. The van der Waals surface area contributed by atoms with Crippen molar-refractivity contribution in [2.75, 3.05) is 30.5 Å². The summed E-state index contributed by atoms with van der Waals surface area (Å²) in [6.07, 6.45) is 2.94. The molecule has 2 aromatic carbocycles. The van der Waals surface area contributed by atoms with Crippen molar-refractivity contribution in [1.29, 1.82) is 0 Å². The summed E-state index contributed by atoms with van der Waals surface area (Å²) in [4.78, 5) is 11.6. The minimum absolute atomic E-state index is 0.239. The molecular formula is C18H28Cl2N2O2. The lowest BCUT2D eigenvalue weighted by Crippen LogP contribution is -2.19. The van der Waals surface area contributed by atoms with Gasteiger partial charge in [0.2, 0.25) is 0 Å². The Hall–Kier alpha value is -1.75. The van der Waals surface area contributed by atoms with Crippen LogP contribution in [0.3, 0.4) is 0 Å². The van der Waals surface area contributed by atoms with E-state index in [0.29, 0.717) is 0 Å². The van der Waals surface area contributed by atoms with E-state index in [1.165, 1.54) is 12.8 Å². The van der Waals surface area contributed by atoms with Gasteiger partial charge in [0.15, 0.2) is 0 Å². The Morgan fingerprint density at radius 2 is 0.958 bits per heavy atom. The summed E-state index contributed by atoms with van der Waals surface area (Å²) in [6.45, 7) is 4.00. The Morgan fingerprint density at radius 1 is 0.708 bits per heavy atom. The van der Waals surface area contributed by atoms with Crippen LogP contribution in [-0.2, 0) is 0 Å². The Kier molecular flexibility index (Phi) is 26.6. The smallest absolute Gasteiger partial charge is 0.323 e. The third kappa shape index (κ3) is 15.2. The van der Waals surface area contributed by atoms with Gasteiger partial charge >= 0.3 is 6.03 Å². The molecule has 0 bridgehead atoms. The monoisotopic (exact) mass is 374 g/mol. The Balaban J connectivity index is -0.000000484.